The molecule has 1 fully saturated rings. The molecule has 1 aliphatic heterocycles. The number of benzene rings is 2. The molecule has 0 bridgehead atoms. The van der Waals surface area contributed by atoms with Gasteiger partial charge in [-0.1, -0.05) is 18.2 Å². The van der Waals surface area contributed by atoms with Gasteiger partial charge in [0.25, 0.3) is 0 Å². The third-order valence-corrected chi connectivity index (χ3v) is 9.41. The van der Waals surface area contributed by atoms with Gasteiger partial charge in [-0.2, -0.15) is 0 Å². The summed E-state index contributed by atoms with van der Waals surface area (Å²) < 4.78 is 55.5. The van der Waals surface area contributed by atoms with E-state index in [1.807, 2.05) is 0 Å². The van der Waals surface area contributed by atoms with Gasteiger partial charge < -0.3 is 0 Å². The van der Waals surface area contributed by atoms with E-state index < -0.39 is 19.9 Å². The van der Waals surface area contributed by atoms with Crippen molar-refractivity contribution < 1.29 is 16.8 Å². The Labute approximate surface area is 186 Å². The lowest BCUT2D eigenvalue weighted by molar-refractivity contribution is 0.100. The van der Waals surface area contributed by atoms with Crippen LogP contribution in [-0.4, -0.2) is 46.4 Å². The minimum Gasteiger partial charge on any atom is -0.298 e. The maximum atomic E-state index is 13.2. The summed E-state index contributed by atoms with van der Waals surface area (Å²) in [4.78, 5) is 2.51. The number of sulfone groups is 1. The van der Waals surface area contributed by atoms with Crippen molar-refractivity contribution in [2.75, 3.05) is 13.1 Å². The second-order valence-corrected chi connectivity index (χ2v) is 12.9. The van der Waals surface area contributed by atoms with Crippen LogP contribution in [0.15, 0.2) is 57.2 Å². The van der Waals surface area contributed by atoms with Gasteiger partial charge in [-0.3, -0.25) is 4.90 Å². The lowest BCUT2D eigenvalue weighted by atomic mass is 9.99. The van der Waals surface area contributed by atoms with Crippen LogP contribution in [0.2, 0.25) is 0 Å². The molecule has 2 aromatic rings. The predicted octanol–water partition coefficient (Wildman–Crippen LogP) is 3.68. The Hall–Kier alpha value is -1.74. The zero-order valence-corrected chi connectivity index (χ0v) is 20.5. The maximum absolute atomic E-state index is 13.2. The summed E-state index contributed by atoms with van der Waals surface area (Å²) >= 11 is 0. The molecule has 0 aliphatic carbocycles. The Bertz CT molecular complexity index is 1140. The van der Waals surface area contributed by atoms with E-state index >= 15 is 0 Å². The number of sulfonamides is 1. The number of nitrogens with zero attached hydrogens (tertiary/aromatic N) is 1. The smallest absolute Gasteiger partial charge is 0.241 e. The van der Waals surface area contributed by atoms with Gasteiger partial charge in [-0.05, 0) is 82.9 Å². The summed E-state index contributed by atoms with van der Waals surface area (Å²) in [5.41, 5.74) is 1.24. The summed E-state index contributed by atoms with van der Waals surface area (Å²) in [6.07, 6.45) is 1.44. The Morgan fingerprint density at radius 1 is 0.903 bits per heavy atom. The minimum atomic E-state index is -3.86. The van der Waals surface area contributed by atoms with E-state index in [9.17, 15) is 16.8 Å². The van der Waals surface area contributed by atoms with Crippen molar-refractivity contribution in [1.82, 2.24) is 9.62 Å². The summed E-state index contributed by atoms with van der Waals surface area (Å²) in [6.45, 7) is 11.5. The molecule has 170 valence electrons. The third kappa shape index (κ3) is 5.19. The Morgan fingerprint density at radius 3 is 2.03 bits per heavy atom. The first kappa shape index (κ1) is 23.9. The molecule has 1 saturated heterocycles. The van der Waals surface area contributed by atoms with Gasteiger partial charge in [0.1, 0.15) is 0 Å². The second kappa shape index (κ2) is 8.65. The van der Waals surface area contributed by atoms with Crippen molar-refractivity contribution in [2.24, 2.45) is 0 Å². The fourth-order valence-electron chi connectivity index (χ4n) is 3.92. The van der Waals surface area contributed by atoms with Gasteiger partial charge in [0.15, 0.2) is 0 Å². The molecule has 1 aliphatic rings. The molecule has 1 N–H and O–H groups in total. The fourth-order valence-corrected chi connectivity index (χ4v) is 7.03. The van der Waals surface area contributed by atoms with Crippen molar-refractivity contribution in [3.63, 3.8) is 0 Å². The number of nitrogens with one attached hydrogen (secondary N) is 1. The normalized spacial score (nSPS) is 17.1. The maximum Gasteiger partial charge on any atom is 0.241 e. The van der Waals surface area contributed by atoms with Gasteiger partial charge in [-0.15, -0.1) is 0 Å². The first-order valence-corrected chi connectivity index (χ1v) is 13.5. The van der Waals surface area contributed by atoms with Crippen molar-refractivity contribution >= 4 is 19.9 Å². The van der Waals surface area contributed by atoms with E-state index in [0.29, 0.717) is 11.1 Å². The number of aryl methyl sites for hydroxylation is 1. The van der Waals surface area contributed by atoms with Crippen LogP contribution in [0.3, 0.4) is 0 Å². The van der Waals surface area contributed by atoms with E-state index in [0.717, 1.165) is 25.9 Å². The van der Waals surface area contributed by atoms with Gasteiger partial charge in [0, 0.05) is 24.7 Å². The standard InChI is InChI=1S/C23H32N2O4S2/c1-17-15-21(30(26,27)20-9-7-6-8-10-20)16-22(18(17)2)31(28,29)24-19-11-13-25(14-12-19)23(3,4)5/h6-10,15-16,19,24H,11-14H2,1-5H3. The highest BCUT2D eigenvalue weighted by atomic mass is 32.2. The molecule has 6 nitrogen and oxygen atoms in total. The molecule has 0 amide bonds. The van der Waals surface area contributed by atoms with Crippen LogP contribution < -0.4 is 4.72 Å². The molecule has 2 aromatic carbocycles. The number of hydrogen-bond donors (Lipinski definition) is 1. The SMILES string of the molecule is Cc1cc(S(=O)(=O)c2ccccc2)cc(S(=O)(=O)NC2CCN(C(C)(C)C)CC2)c1C. The molecule has 1 heterocycles. The molecule has 31 heavy (non-hydrogen) atoms. The summed E-state index contributed by atoms with van der Waals surface area (Å²) in [7, 11) is -7.68. The van der Waals surface area contributed by atoms with Gasteiger partial charge >= 0.3 is 0 Å². The van der Waals surface area contributed by atoms with E-state index in [2.05, 4.69) is 30.4 Å². The topological polar surface area (TPSA) is 83.5 Å². The van der Waals surface area contributed by atoms with Gasteiger partial charge in [-0.25, -0.2) is 21.6 Å². The fraction of sp³-hybridized carbons (Fsp3) is 0.478. The number of likely N-dealkylation sites (tertiary alicyclic amines) is 1. The molecule has 3 rings (SSSR count). The van der Waals surface area contributed by atoms with Crippen LogP contribution in [0.1, 0.15) is 44.7 Å². The molecule has 0 saturated carbocycles. The Balaban J connectivity index is 1.90. The van der Waals surface area contributed by atoms with Crippen molar-refractivity contribution in [1.29, 1.82) is 0 Å². The first-order chi connectivity index (χ1) is 14.3. The minimum absolute atomic E-state index is 0.00951. The molecular formula is C23H32N2O4S2. The zero-order valence-electron chi connectivity index (χ0n) is 18.8. The number of hydrogen-bond acceptors (Lipinski definition) is 5. The lowest BCUT2D eigenvalue weighted by Crippen LogP contribution is -2.50. The Morgan fingerprint density at radius 2 is 1.48 bits per heavy atom. The van der Waals surface area contributed by atoms with E-state index in [1.54, 1.807) is 38.1 Å². The molecule has 0 unspecified atom stereocenters. The van der Waals surface area contributed by atoms with Crippen molar-refractivity contribution in [2.45, 2.75) is 73.7 Å². The molecule has 0 spiro atoms. The Kier molecular flexibility index (Phi) is 6.68. The van der Waals surface area contributed by atoms with Gasteiger partial charge in [0.2, 0.25) is 19.9 Å². The second-order valence-electron chi connectivity index (χ2n) is 9.23. The number of rotatable bonds is 5. The highest BCUT2D eigenvalue weighted by molar-refractivity contribution is 7.91. The van der Waals surface area contributed by atoms with Crippen LogP contribution in [-0.2, 0) is 19.9 Å². The van der Waals surface area contributed by atoms with Crippen LogP contribution in [0.5, 0.6) is 0 Å². The van der Waals surface area contributed by atoms with E-state index in [4.69, 9.17) is 0 Å². The lowest BCUT2D eigenvalue weighted by Gasteiger charge is -2.40. The highest BCUT2D eigenvalue weighted by Gasteiger charge is 2.31. The van der Waals surface area contributed by atoms with Crippen LogP contribution in [0, 0.1) is 13.8 Å². The molecular weight excluding hydrogens is 432 g/mol. The average molecular weight is 465 g/mol. The predicted molar refractivity (Wildman–Crippen MR) is 122 cm³/mol. The highest BCUT2D eigenvalue weighted by Crippen LogP contribution is 2.29. The van der Waals surface area contributed by atoms with Crippen molar-refractivity contribution in [3.05, 3.63) is 53.6 Å². The molecule has 0 atom stereocenters. The first-order valence-electron chi connectivity index (χ1n) is 10.5. The van der Waals surface area contributed by atoms with Crippen LogP contribution in [0.25, 0.3) is 0 Å². The van der Waals surface area contributed by atoms with Crippen LogP contribution >= 0.6 is 0 Å². The zero-order chi connectivity index (χ0) is 23.0. The largest absolute Gasteiger partial charge is 0.298 e. The molecule has 0 aromatic heterocycles. The summed E-state index contributed by atoms with van der Waals surface area (Å²) in [6, 6.07) is 10.7. The van der Waals surface area contributed by atoms with E-state index in [1.165, 1.54) is 18.2 Å². The monoisotopic (exact) mass is 464 g/mol. The van der Waals surface area contributed by atoms with Crippen LogP contribution in [0.4, 0.5) is 0 Å². The average Bonchev–Trinajstić information content (AvgIpc) is 2.69. The summed E-state index contributed by atoms with van der Waals surface area (Å²) in [5, 5.41) is 0. The summed E-state index contributed by atoms with van der Waals surface area (Å²) in [5.74, 6) is 0. The van der Waals surface area contributed by atoms with E-state index in [-0.39, 0.29) is 26.3 Å². The van der Waals surface area contributed by atoms with Gasteiger partial charge in [0.05, 0.1) is 14.7 Å². The van der Waals surface area contributed by atoms with Crippen molar-refractivity contribution in [3.8, 4) is 0 Å². The third-order valence-electron chi connectivity index (χ3n) is 6.01. The molecule has 0 radical (unpaired) electrons. The molecule has 8 heteroatoms. The quantitative estimate of drug-likeness (QED) is 0.730. The number of piperidine rings is 1.